The maximum absolute atomic E-state index is 13.4. The average molecular weight is 279 g/mol. The van der Waals surface area contributed by atoms with Gasteiger partial charge in [-0.25, -0.2) is 8.78 Å². The smallest absolute Gasteiger partial charge is 0.129 e. The van der Waals surface area contributed by atoms with Crippen molar-refractivity contribution in [2.24, 2.45) is 0 Å². The Morgan fingerprint density at radius 3 is 2.45 bits per heavy atom. The quantitative estimate of drug-likeness (QED) is 0.788. The van der Waals surface area contributed by atoms with Crippen molar-refractivity contribution in [2.45, 2.75) is 12.6 Å². The summed E-state index contributed by atoms with van der Waals surface area (Å²) in [5.74, 6) is -1.04. The van der Waals surface area contributed by atoms with Crippen molar-refractivity contribution in [3.63, 3.8) is 0 Å². The van der Waals surface area contributed by atoms with E-state index in [9.17, 15) is 13.9 Å². The number of rotatable bonds is 5. The van der Waals surface area contributed by atoms with Crippen LogP contribution in [0.2, 0.25) is 0 Å². The van der Waals surface area contributed by atoms with E-state index in [0.717, 1.165) is 23.8 Å². The van der Waals surface area contributed by atoms with Gasteiger partial charge in [0.2, 0.25) is 0 Å². The van der Waals surface area contributed by atoms with Gasteiger partial charge < -0.3 is 15.5 Å². The van der Waals surface area contributed by atoms with E-state index >= 15 is 0 Å². The van der Waals surface area contributed by atoms with Gasteiger partial charge in [0.15, 0.2) is 0 Å². The van der Waals surface area contributed by atoms with Gasteiger partial charge in [-0.2, -0.15) is 0 Å². The zero-order valence-corrected chi connectivity index (χ0v) is 10.7. The van der Waals surface area contributed by atoms with Crippen LogP contribution in [0.4, 0.5) is 8.78 Å². The number of aromatic hydroxyl groups is 1. The van der Waals surface area contributed by atoms with Crippen LogP contribution in [0.5, 0.6) is 5.75 Å². The molecule has 2 aromatic rings. The number of aliphatic hydroxyl groups is 1. The van der Waals surface area contributed by atoms with E-state index in [1.54, 1.807) is 24.3 Å². The van der Waals surface area contributed by atoms with E-state index in [-0.39, 0.29) is 17.9 Å². The standard InChI is InChI=1S/C15H15F2NO2/c16-11-3-6-14(17)13(7-11)15(20)9-18-8-10-1-4-12(19)5-2-10/h1-7,15,18-20H,8-9H2. The fraction of sp³-hybridized carbons (Fsp3) is 0.200. The largest absolute Gasteiger partial charge is 0.508 e. The van der Waals surface area contributed by atoms with Crippen molar-refractivity contribution in [1.29, 1.82) is 0 Å². The maximum Gasteiger partial charge on any atom is 0.129 e. The van der Waals surface area contributed by atoms with E-state index in [1.165, 1.54) is 0 Å². The number of phenols is 1. The summed E-state index contributed by atoms with van der Waals surface area (Å²) in [7, 11) is 0. The summed E-state index contributed by atoms with van der Waals surface area (Å²) in [4.78, 5) is 0. The van der Waals surface area contributed by atoms with Crippen LogP contribution >= 0.6 is 0 Å². The van der Waals surface area contributed by atoms with Crippen LogP contribution in [0.3, 0.4) is 0 Å². The fourth-order valence-electron chi connectivity index (χ4n) is 1.85. The fourth-order valence-corrected chi connectivity index (χ4v) is 1.85. The molecule has 0 aromatic heterocycles. The summed E-state index contributed by atoms with van der Waals surface area (Å²) < 4.78 is 26.4. The van der Waals surface area contributed by atoms with Crippen molar-refractivity contribution in [1.82, 2.24) is 5.32 Å². The highest BCUT2D eigenvalue weighted by atomic mass is 19.1. The number of halogens is 2. The molecule has 2 aromatic carbocycles. The molecule has 20 heavy (non-hydrogen) atoms. The molecule has 0 aliphatic rings. The van der Waals surface area contributed by atoms with Crippen molar-refractivity contribution in [2.75, 3.05) is 6.54 Å². The normalized spacial score (nSPS) is 12.3. The maximum atomic E-state index is 13.4. The van der Waals surface area contributed by atoms with Gasteiger partial charge in [-0.15, -0.1) is 0 Å². The van der Waals surface area contributed by atoms with Crippen LogP contribution in [0.25, 0.3) is 0 Å². The van der Waals surface area contributed by atoms with E-state index in [4.69, 9.17) is 5.11 Å². The number of benzene rings is 2. The van der Waals surface area contributed by atoms with Crippen LogP contribution < -0.4 is 5.32 Å². The van der Waals surface area contributed by atoms with Crippen molar-refractivity contribution in [3.8, 4) is 5.75 Å². The van der Waals surface area contributed by atoms with E-state index in [2.05, 4.69) is 5.32 Å². The van der Waals surface area contributed by atoms with Gasteiger partial charge in [-0.1, -0.05) is 12.1 Å². The summed E-state index contributed by atoms with van der Waals surface area (Å²) in [5.41, 5.74) is 0.845. The number of nitrogens with one attached hydrogen (secondary N) is 1. The SMILES string of the molecule is Oc1ccc(CNCC(O)c2cc(F)ccc2F)cc1. The molecule has 3 N–H and O–H groups in total. The van der Waals surface area contributed by atoms with Gasteiger partial charge in [0.25, 0.3) is 0 Å². The minimum Gasteiger partial charge on any atom is -0.508 e. The monoisotopic (exact) mass is 279 g/mol. The molecule has 1 atom stereocenters. The first-order chi connectivity index (χ1) is 9.56. The van der Waals surface area contributed by atoms with Crippen molar-refractivity contribution >= 4 is 0 Å². The lowest BCUT2D eigenvalue weighted by atomic mass is 10.1. The molecule has 0 saturated heterocycles. The molecule has 0 saturated carbocycles. The predicted octanol–water partition coefficient (Wildman–Crippen LogP) is 2.49. The summed E-state index contributed by atoms with van der Waals surface area (Å²) >= 11 is 0. The minimum absolute atomic E-state index is 0.0665. The molecule has 0 spiro atoms. The topological polar surface area (TPSA) is 52.5 Å². The van der Waals surface area contributed by atoms with Crippen molar-refractivity contribution < 1.29 is 19.0 Å². The van der Waals surface area contributed by atoms with Crippen LogP contribution in [-0.2, 0) is 6.54 Å². The number of hydrogen-bond acceptors (Lipinski definition) is 3. The number of hydrogen-bond donors (Lipinski definition) is 3. The Morgan fingerprint density at radius 1 is 1.05 bits per heavy atom. The first-order valence-electron chi connectivity index (χ1n) is 6.18. The van der Waals surface area contributed by atoms with Gasteiger partial charge in [-0.3, -0.25) is 0 Å². The van der Waals surface area contributed by atoms with Crippen LogP contribution in [-0.4, -0.2) is 16.8 Å². The Kier molecular flexibility index (Phi) is 4.65. The summed E-state index contributed by atoms with van der Waals surface area (Å²) in [6, 6.07) is 9.57. The van der Waals surface area contributed by atoms with Gasteiger partial charge in [0.05, 0.1) is 6.10 Å². The first kappa shape index (κ1) is 14.4. The first-order valence-corrected chi connectivity index (χ1v) is 6.18. The lowest BCUT2D eigenvalue weighted by molar-refractivity contribution is 0.169. The Hall–Kier alpha value is -1.98. The lowest BCUT2D eigenvalue weighted by Gasteiger charge is -2.13. The molecular weight excluding hydrogens is 264 g/mol. The number of aliphatic hydroxyl groups excluding tert-OH is 1. The van der Waals surface area contributed by atoms with Gasteiger partial charge in [-0.05, 0) is 35.9 Å². The van der Waals surface area contributed by atoms with Crippen LogP contribution in [0.15, 0.2) is 42.5 Å². The molecule has 0 aliphatic carbocycles. The second kappa shape index (κ2) is 6.45. The Labute approximate surface area is 115 Å². The highest BCUT2D eigenvalue weighted by molar-refractivity contribution is 5.26. The van der Waals surface area contributed by atoms with Gasteiger partial charge in [0, 0.05) is 18.7 Å². The molecule has 2 rings (SSSR count). The third-order valence-corrected chi connectivity index (χ3v) is 2.92. The van der Waals surface area contributed by atoms with Gasteiger partial charge >= 0.3 is 0 Å². The Balaban J connectivity index is 1.90. The third-order valence-electron chi connectivity index (χ3n) is 2.92. The van der Waals surface area contributed by atoms with E-state index in [0.29, 0.717) is 6.54 Å². The molecule has 0 fully saturated rings. The predicted molar refractivity (Wildman–Crippen MR) is 71.1 cm³/mol. The lowest BCUT2D eigenvalue weighted by Crippen LogP contribution is -2.21. The second-order valence-corrected chi connectivity index (χ2v) is 4.48. The molecule has 0 aliphatic heterocycles. The minimum atomic E-state index is -1.12. The molecular formula is C15H15F2NO2. The number of phenolic OH excluding ortho intramolecular Hbond substituents is 1. The Morgan fingerprint density at radius 2 is 1.75 bits per heavy atom. The van der Waals surface area contributed by atoms with E-state index in [1.807, 2.05) is 0 Å². The zero-order chi connectivity index (χ0) is 14.5. The average Bonchev–Trinajstić information content (AvgIpc) is 2.43. The van der Waals surface area contributed by atoms with E-state index < -0.39 is 17.7 Å². The molecule has 0 bridgehead atoms. The summed E-state index contributed by atoms with van der Waals surface area (Å²) in [5, 5.41) is 21.9. The highest BCUT2D eigenvalue weighted by Gasteiger charge is 2.13. The molecule has 0 radical (unpaired) electrons. The van der Waals surface area contributed by atoms with Crippen LogP contribution in [0.1, 0.15) is 17.2 Å². The summed E-state index contributed by atoms with van der Waals surface area (Å²) in [6.45, 7) is 0.551. The van der Waals surface area contributed by atoms with Crippen molar-refractivity contribution in [3.05, 3.63) is 65.2 Å². The highest BCUT2D eigenvalue weighted by Crippen LogP contribution is 2.18. The molecule has 1 unspecified atom stereocenters. The molecule has 3 nitrogen and oxygen atoms in total. The molecule has 0 amide bonds. The van der Waals surface area contributed by atoms with Crippen LogP contribution in [0, 0.1) is 11.6 Å². The zero-order valence-electron chi connectivity index (χ0n) is 10.7. The molecule has 106 valence electrons. The molecule has 0 heterocycles. The Bertz CT molecular complexity index is 573. The third kappa shape index (κ3) is 3.76. The molecule has 5 heteroatoms. The second-order valence-electron chi connectivity index (χ2n) is 4.48. The van der Waals surface area contributed by atoms with Gasteiger partial charge in [0.1, 0.15) is 17.4 Å². The summed E-state index contributed by atoms with van der Waals surface area (Å²) in [6.07, 6.45) is -1.12.